The fourth-order valence-electron chi connectivity index (χ4n) is 2.05. The second-order valence-electron chi connectivity index (χ2n) is 4.46. The molecule has 1 aromatic heterocycles. The van der Waals surface area contributed by atoms with E-state index in [0.29, 0.717) is 10.9 Å². The van der Waals surface area contributed by atoms with Crippen LogP contribution in [0, 0.1) is 0 Å². The molecule has 1 atom stereocenters. The maximum atomic E-state index is 6.01. The summed E-state index contributed by atoms with van der Waals surface area (Å²) in [7, 11) is 3.20. The van der Waals surface area contributed by atoms with E-state index in [9.17, 15) is 0 Å². The van der Waals surface area contributed by atoms with Crippen LogP contribution in [-0.2, 0) is 0 Å². The van der Waals surface area contributed by atoms with E-state index < -0.39 is 0 Å². The Morgan fingerprint density at radius 1 is 1.20 bits per heavy atom. The second kappa shape index (κ2) is 6.11. The van der Waals surface area contributed by atoms with Gasteiger partial charge in [0.05, 0.1) is 19.2 Å². The predicted octanol–water partition coefficient (Wildman–Crippen LogP) is 3.44. The molecule has 1 aromatic carbocycles. The van der Waals surface area contributed by atoms with E-state index in [0.717, 1.165) is 22.4 Å². The van der Waals surface area contributed by atoms with Crippen LogP contribution < -0.4 is 15.2 Å². The first kappa shape index (κ1) is 14.6. The first-order chi connectivity index (χ1) is 9.56. The van der Waals surface area contributed by atoms with Crippen molar-refractivity contribution in [2.24, 2.45) is 5.73 Å². The van der Waals surface area contributed by atoms with Crippen molar-refractivity contribution in [3.05, 3.63) is 41.0 Å². The predicted molar refractivity (Wildman–Crippen MR) is 80.4 cm³/mol. The van der Waals surface area contributed by atoms with Crippen LogP contribution in [-0.4, -0.2) is 19.2 Å². The number of pyridine rings is 1. The zero-order valence-corrected chi connectivity index (χ0v) is 12.4. The Morgan fingerprint density at radius 3 is 2.55 bits per heavy atom. The molecular formula is C15H17ClN2O2. The van der Waals surface area contributed by atoms with Gasteiger partial charge in [-0.25, -0.2) is 4.98 Å². The number of halogens is 1. The summed E-state index contributed by atoms with van der Waals surface area (Å²) >= 11 is 6.01. The van der Waals surface area contributed by atoms with Crippen molar-refractivity contribution in [2.75, 3.05) is 14.2 Å². The number of methoxy groups -OCH3 is 2. The SMILES string of the molecule is COc1cc(-c2cc(Cl)cnc2OC)ccc1[C@@H](C)N. The molecule has 0 radical (unpaired) electrons. The quantitative estimate of drug-likeness (QED) is 0.938. The van der Waals surface area contributed by atoms with Crippen LogP contribution in [0.1, 0.15) is 18.5 Å². The summed E-state index contributed by atoms with van der Waals surface area (Å²) < 4.78 is 10.7. The fourth-order valence-corrected chi connectivity index (χ4v) is 2.21. The Hall–Kier alpha value is -1.78. The third kappa shape index (κ3) is 2.86. The highest BCUT2D eigenvalue weighted by Crippen LogP contribution is 2.34. The minimum Gasteiger partial charge on any atom is -0.496 e. The molecule has 0 bridgehead atoms. The number of nitrogens with zero attached hydrogens (tertiary/aromatic N) is 1. The van der Waals surface area contributed by atoms with Gasteiger partial charge < -0.3 is 15.2 Å². The van der Waals surface area contributed by atoms with Crippen molar-refractivity contribution < 1.29 is 9.47 Å². The number of hydrogen-bond donors (Lipinski definition) is 1. The van der Waals surface area contributed by atoms with Crippen molar-refractivity contribution in [3.8, 4) is 22.8 Å². The summed E-state index contributed by atoms with van der Waals surface area (Å²) in [5, 5.41) is 0.552. The highest BCUT2D eigenvalue weighted by Gasteiger charge is 2.13. The van der Waals surface area contributed by atoms with E-state index in [2.05, 4.69) is 4.98 Å². The zero-order chi connectivity index (χ0) is 14.7. The van der Waals surface area contributed by atoms with E-state index in [-0.39, 0.29) is 6.04 Å². The molecule has 0 saturated heterocycles. The summed E-state index contributed by atoms with van der Waals surface area (Å²) in [5.41, 5.74) is 8.60. The molecule has 5 heteroatoms. The highest BCUT2D eigenvalue weighted by molar-refractivity contribution is 6.30. The van der Waals surface area contributed by atoms with Gasteiger partial charge in [0.25, 0.3) is 0 Å². The van der Waals surface area contributed by atoms with Gasteiger partial charge in [-0.1, -0.05) is 23.7 Å². The Kier molecular flexibility index (Phi) is 4.47. The smallest absolute Gasteiger partial charge is 0.221 e. The molecule has 0 amide bonds. The molecule has 0 aliphatic heterocycles. The van der Waals surface area contributed by atoms with Gasteiger partial charge >= 0.3 is 0 Å². The zero-order valence-electron chi connectivity index (χ0n) is 11.7. The van der Waals surface area contributed by atoms with Crippen LogP contribution in [0.3, 0.4) is 0 Å². The van der Waals surface area contributed by atoms with Gasteiger partial charge in [-0.3, -0.25) is 0 Å². The molecule has 0 unspecified atom stereocenters. The summed E-state index contributed by atoms with van der Waals surface area (Å²) in [6, 6.07) is 7.52. The van der Waals surface area contributed by atoms with E-state index >= 15 is 0 Å². The standard InChI is InChI=1S/C15H17ClN2O2/c1-9(17)12-5-4-10(6-14(12)19-2)13-7-11(16)8-18-15(13)20-3/h4-9H,17H2,1-3H3/t9-/m1/s1. The number of ether oxygens (including phenoxy) is 2. The lowest BCUT2D eigenvalue weighted by Crippen LogP contribution is -2.07. The molecule has 0 fully saturated rings. The van der Waals surface area contributed by atoms with Gasteiger partial charge in [0.1, 0.15) is 5.75 Å². The van der Waals surface area contributed by atoms with E-state index in [4.69, 9.17) is 26.8 Å². The lowest BCUT2D eigenvalue weighted by molar-refractivity contribution is 0.399. The number of nitrogens with two attached hydrogens (primary N) is 1. The fraction of sp³-hybridized carbons (Fsp3) is 0.267. The van der Waals surface area contributed by atoms with E-state index in [1.54, 1.807) is 20.4 Å². The molecule has 0 aliphatic rings. The molecule has 1 heterocycles. The lowest BCUT2D eigenvalue weighted by Gasteiger charge is -2.14. The Morgan fingerprint density at radius 2 is 1.95 bits per heavy atom. The largest absolute Gasteiger partial charge is 0.496 e. The molecule has 2 rings (SSSR count). The van der Waals surface area contributed by atoms with Crippen LogP contribution >= 0.6 is 11.6 Å². The summed E-state index contributed by atoms with van der Waals surface area (Å²) in [4.78, 5) is 4.17. The van der Waals surface area contributed by atoms with Crippen LogP contribution in [0.4, 0.5) is 0 Å². The molecule has 0 aliphatic carbocycles. The van der Waals surface area contributed by atoms with Crippen molar-refractivity contribution in [2.45, 2.75) is 13.0 Å². The van der Waals surface area contributed by atoms with Crippen LogP contribution in [0.25, 0.3) is 11.1 Å². The third-order valence-electron chi connectivity index (χ3n) is 3.05. The van der Waals surface area contributed by atoms with Gasteiger partial charge in [-0.05, 0) is 24.6 Å². The van der Waals surface area contributed by atoms with Crippen molar-refractivity contribution in [1.29, 1.82) is 0 Å². The highest BCUT2D eigenvalue weighted by atomic mass is 35.5. The summed E-state index contributed by atoms with van der Waals surface area (Å²) in [6.45, 7) is 1.92. The minimum atomic E-state index is -0.0987. The lowest BCUT2D eigenvalue weighted by atomic mass is 10.0. The monoisotopic (exact) mass is 292 g/mol. The molecule has 20 heavy (non-hydrogen) atoms. The number of hydrogen-bond acceptors (Lipinski definition) is 4. The molecule has 4 nitrogen and oxygen atoms in total. The summed E-state index contributed by atoms with van der Waals surface area (Å²) in [6.07, 6.45) is 1.55. The van der Waals surface area contributed by atoms with Crippen LogP contribution in [0.15, 0.2) is 30.5 Å². The summed E-state index contributed by atoms with van der Waals surface area (Å²) in [5.74, 6) is 1.25. The first-order valence-electron chi connectivity index (χ1n) is 6.20. The van der Waals surface area contributed by atoms with Crippen LogP contribution in [0.5, 0.6) is 11.6 Å². The average Bonchev–Trinajstić information content (AvgIpc) is 2.46. The Labute approximate surface area is 123 Å². The molecular weight excluding hydrogens is 276 g/mol. The number of rotatable bonds is 4. The van der Waals surface area contributed by atoms with Crippen molar-refractivity contribution in [1.82, 2.24) is 4.98 Å². The first-order valence-corrected chi connectivity index (χ1v) is 6.58. The average molecular weight is 293 g/mol. The normalized spacial score (nSPS) is 12.1. The molecule has 2 aromatic rings. The van der Waals surface area contributed by atoms with Crippen molar-refractivity contribution >= 4 is 11.6 Å². The maximum absolute atomic E-state index is 6.01. The number of aromatic nitrogens is 1. The molecule has 106 valence electrons. The van der Waals surface area contributed by atoms with Gasteiger partial charge in [0.15, 0.2) is 0 Å². The van der Waals surface area contributed by atoms with E-state index in [1.807, 2.05) is 31.2 Å². The third-order valence-corrected chi connectivity index (χ3v) is 3.25. The minimum absolute atomic E-state index is 0.0987. The van der Waals surface area contributed by atoms with Gasteiger partial charge in [-0.2, -0.15) is 0 Å². The topological polar surface area (TPSA) is 57.4 Å². The maximum Gasteiger partial charge on any atom is 0.221 e. The second-order valence-corrected chi connectivity index (χ2v) is 4.89. The van der Waals surface area contributed by atoms with Gasteiger partial charge in [-0.15, -0.1) is 0 Å². The van der Waals surface area contributed by atoms with Gasteiger partial charge in [0.2, 0.25) is 5.88 Å². The van der Waals surface area contributed by atoms with E-state index in [1.165, 1.54) is 0 Å². The van der Waals surface area contributed by atoms with Gasteiger partial charge in [0, 0.05) is 23.4 Å². The Bertz CT molecular complexity index is 615. The van der Waals surface area contributed by atoms with Crippen LogP contribution in [0.2, 0.25) is 5.02 Å². The molecule has 0 saturated carbocycles. The molecule has 0 spiro atoms. The Balaban J connectivity index is 2.56. The number of benzene rings is 1. The van der Waals surface area contributed by atoms with Crippen molar-refractivity contribution in [3.63, 3.8) is 0 Å². The molecule has 2 N–H and O–H groups in total.